The Balaban J connectivity index is 1.82. The van der Waals surface area contributed by atoms with Gasteiger partial charge in [-0.05, 0) is 54.3 Å². The fraction of sp³-hybridized carbons (Fsp3) is 0.238. The normalized spacial score (nSPS) is 20.2. The van der Waals surface area contributed by atoms with Gasteiger partial charge in [-0.25, -0.2) is 0 Å². The van der Waals surface area contributed by atoms with Gasteiger partial charge in [0.2, 0.25) is 11.0 Å². The van der Waals surface area contributed by atoms with E-state index in [9.17, 15) is 10.1 Å². The monoisotopic (exact) mass is 390 g/mol. The van der Waals surface area contributed by atoms with Crippen LogP contribution in [0.25, 0.3) is 0 Å². The number of fused-ring (bicyclic) bond motifs is 1. The van der Waals surface area contributed by atoms with E-state index >= 15 is 0 Å². The average Bonchev–Trinajstić information content (AvgIpc) is 3.32. The molecule has 0 bridgehead atoms. The van der Waals surface area contributed by atoms with Crippen molar-refractivity contribution in [2.45, 2.75) is 19.3 Å². The van der Waals surface area contributed by atoms with Crippen LogP contribution in [-0.4, -0.2) is 23.2 Å². The quantitative estimate of drug-likeness (QED) is 0.733. The molecule has 0 spiro atoms. The SMILES string of the molecule is COc1cccc([C@H]2c3cc(C#N)ccc3C[C@@]2(C)C(=O)Nc2nncs2)c1. The van der Waals surface area contributed by atoms with E-state index in [0.717, 1.165) is 22.4 Å². The standard InChI is InChI=1S/C21H18N4O2S/c1-21(19(26)24-20-25-23-12-28-20)10-15-7-6-13(11-22)8-17(15)18(21)14-4-3-5-16(9-14)27-2/h3-9,12,18H,10H2,1-2H3,(H,24,25,26)/t18-,21+/m0/s1. The summed E-state index contributed by atoms with van der Waals surface area (Å²) in [6.45, 7) is 1.96. The molecule has 0 saturated carbocycles. The van der Waals surface area contributed by atoms with Crippen LogP contribution in [0.3, 0.4) is 0 Å². The Kier molecular flexibility index (Phi) is 4.57. The van der Waals surface area contributed by atoms with E-state index in [0.29, 0.717) is 17.1 Å². The van der Waals surface area contributed by atoms with Gasteiger partial charge in [0.25, 0.3) is 0 Å². The Morgan fingerprint density at radius 3 is 2.93 bits per heavy atom. The van der Waals surface area contributed by atoms with Gasteiger partial charge in [0.1, 0.15) is 11.3 Å². The molecule has 1 aliphatic carbocycles. The number of hydrogen-bond acceptors (Lipinski definition) is 6. The summed E-state index contributed by atoms with van der Waals surface area (Å²) in [5, 5.41) is 20.5. The Bertz CT molecular complexity index is 1070. The number of nitrogens with zero attached hydrogens (tertiary/aromatic N) is 3. The molecule has 1 N–H and O–H groups in total. The molecule has 28 heavy (non-hydrogen) atoms. The summed E-state index contributed by atoms with van der Waals surface area (Å²) in [4.78, 5) is 13.3. The lowest BCUT2D eigenvalue weighted by Crippen LogP contribution is -2.37. The van der Waals surface area contributed by atoms with E-state index < -0.39 is 5.41 Å². The maximum atomic E-state index is 13.3. The number of hydrogen-bond donors (Lipinski definition) is 1. The summed E-state index contributed by atoms with van der Waals surface area (Å²) in [6, 6.07) is 15.6. The van der Waals surface area contributed by atoms with Crippen molar-refractivity contribution in [2.24, 2.45) is 5.41 Å². The van der Waals surface area contributed by atoms with Gasteiger partial charge >= 0.3 is 0 Å². The second-order valence-electron chi connectivity index (χ2n) is 7.03. The number of nitriles is 1. The third-order valence-corrected chi connectivity index (χ3v) is 5.91. The van der Waals surface area contributed by atoms with Crippen molar-refractivity contribution >= 4 is 22.4 Å². The summed E-state index contributed by atoms with van der Waals surface area (Å²) in [5.41, 5.74) is 4.47. The predicted molar refractivity (Wildman–Crippen MR) is 106 cm³/mol. The van der Waals surface area contributed by atoms with E-state index in [1.54, 1.807) is 18.7 Å². The average molecular weight is 390 g/mol. The van der Waals surface area contributed by atoms with Crippen LogP contribution in [-0.2, 0) is 11.2 Å². The fourth-order valence-corrected chi connectivity index (χ4v) is 4.42. The number of ether oxygens (including phenoxy) is 1. The maximum Gasteiger partial charge on any atom is 0.233 e. The number of carbonyl (C=O) groups excluding carboxylic acids is 1. The first-order valence-electron chi connectivity index (χ1n) is 8.79. The third kappa shape index (κ3) is 3.02. The van der Waals surface area contributed by atoms with Crippen molar-refractivity contribution in [1.29, 1.82) is 5.26 Å². The highest BCUT2D eigenvalue weighted by Gasteiger charge is 2.49. The molecule has 0 fully saturated rings. The third-order valence-electron chi connectivity index (χ3n) is 5.31. The summed E-state index contributed by atoms with van der Waals surface area (Å²) < 4.78 is 5.39. The number of aromatic nitrogens is 2. The minimum Gasteiger partial charge on any atom is -0.497 e. The minimum atomic E-state index is -0.742. The van der Waals surface area contributed by atoms with Crippen molar-refractivity contribution in [1.82, 2.24) is 10.2 Å². The number of nitrogens with one attached hydrogen (secondary N) is 1. The van der Waals surface area contributed by atoms with Gasteiger partial charge in [-0.3, -0.25) is 4.79 Å². The van der Waals surface area contributed by atoms with Gasteiger partial charge in [-0.15, -0.1) is 10.2 Å². The number of anilines is 1. The number of rotatable bonds is 4. The van der Waals surface area contributed by atoms with Crippen molar-refractivity contribution in [2.75, 3.05) is 12.4 Å². The van der Waals surface area contributed by atoms with Crippen molar-refractivity contribution in [3.05, 3.63) is 70.2 Å². The molecule has 1 aliphatic rings. The number of methoxy groups -OCH3 is 1. The largest absolute Gasteiger partial charge is 0.497 e. The lowest BCUT2D eigenvalue weighted by Gasteiger charge is -2.31. The molecular formula is C21H18N4O2S. The highest BCUT2D eigenvalue weighted by Crippen LogP contribution is 2.52. The van der Waals surface area contributed by atoms with E-state index in [1.165, 1.54) is 11.3 Å². The van der Waals surface area contributed by atoms with Gasteiger partial charge in [0.15, 0.2) is 0 Å². The molecule has 0 unspecified atom stereocenters. The number of amides is 1. The molecule has 2 atom stereocenters. The molecule has 4 rings (SSSR count). The van der Waals surface area contributed by atoms with E-state index in [4.69, 9.17) is 4.74 Å². The Morgan fingerprint density at radius 2 is 2.21 bits per heavy atom. The highest BCUT2D eigenvalue weighted by atomic mass is 32.1. The maximum absolute atomic E-state index is 13.3. The topological polar surface area (TPSA) is 87.9 Å². The van der Waals surface area contributed by atoms with Crippen LogP contribution < -0.4 is 10.1 Å². The lowest BCUT2D eigenvalue weighted by molar-refractivity contribution is -0.125. The smallest absolute Gasteiger partial charge is 0.233 e. The number of benzene rings is 2. The first-order chi connectivity index (χ1) is 13.5. The molecule has 3 aromatic rings. The van der Waals surface area contributed by atoms with Crippen LogP contribution >= 0.6 is 11.3 Å². The summed E-state index contributed by atoms with van der Waals surface area (Å²) in [7, 11) is 1.62. The van der Waals surface area contributed by atoms with Gasteiger partial charge < -0.3 is 10.1 Å². The molecule has 1 aromatic heterocycles. The number of carbonyl (C=O) groups is 1. The predicted octanol–water partition coefficient (Wildman–Crippen LogP) is 3.75. The second-order valence-corrected chi connectivity index (χ2v) is 7.86. The zero-order valence-corrected chi connectivity index (χ0v) is 16.3. The van der Waals surface area contributed by atoms with Crippen molar-refractivity contribution in [3.8, 4) is 11.8 Å². The first-order valence-corrected chi connectivity index (χ1v) is 9.67. The van der Waals surface area contributed by atoms with Crippen molar-refractivity contribution < 1.29 is 9.53 Å². The molecule has 2 aromatic carbocycles. The summed E-state index contributed by atoms with van der Waals surface area (Å²) in [5.74, 6) is 0.403. The van der Waals surface area contributed by atoms with E-state index in [-0.39, 0.29) is 11.8 Å². The summed E-state index contributed by atoms with van der Waals surface area (Å²) >= 11 is 1.28. The second kappa shape index (κ2) is 7.06. The van der Waals surface area contributed by atoms with E-state index in [1.807, 2.05) is 43.3 Å². The van der Waals surface area contributed by atoms with Gasteiger partial charge in [0, 0.05) is 5.92 Å². The van der Waals surface area contributed by atoms with Crippen LogP contribution in [0.4, 0.5) is 5.13 Å². The zero-order valence-electron chi connectivity index (χ0n) is 15.5. The molecule has 1 amide bonds. The van der Waals surface area contributed by atoms with Gasteiger partial charge in [0.05, 0.1) is 24.2 Å². The molecule has 0 radical (unpaired) electrons. The lowest BCUT2D eigenvalue weighted by atomic mass is 9.73. The Labute approximate surface area is 166 Å². The van der Waals surface area contributed by atoms with Gasteiger partial charge in [-0.1, -0.05) is 29.5 Å². The molecular weight excluding hydrogens is 372 g/mol. The molecule has 7 heteroatoms. The van der Waals surface area contributed by atoms with Crippen LogP contribution in [0.1, 0.15) is 35.1 Å². The Hall–Kier alpha value is -3.24. The summed E-state index contributed by atoms with van der Waals surface area (Å²) in [6.07, 6.45) is 0.570. The van der Waals surface area contributed by atoms with Crippen molar-refractivity contribution in [3.63, 3.8) is 0 Å². The molecule has 0 aliphatic heterocycles. The molecule has 6 nitrogen and oxygen atoms in total. The first kappa shape index (κ1) is 18.1. The van der Waals surface area contributed by atoms with Crippen LogP contribution in [0.15, 0.2) is 48.0 Å². The van der Waals surface area contributed by atoms with Crippen LogP contribution in [0.2, 0.25) is 0 Å². The van der Waals surface area contributed by atoms with E-state index in [2.05, 4.69) is 21.6 Å². The fourth-order valence-electron chi connectivity index (χ4n) is 3.98. The van der Waals surface area contributed by atoms with Crippen LogP contribution in [0, 0.1) is 16.7 Å². The minimum absolute atomic E-state index is 0.119. The van der Waals surface area contributed by atoms with Gasteiger partial charge in [-0.2, -0.15) is 5.26 Å². The zero-order chi connectivity index (χ0) is 19.7. The molecule has 0 saturated heterocycles. The molecule has 1 heterocycles. The molecule has 140 valence electrons. The highest BCUT2D eigenvalue weighted by molar-refractivity contribution is 7.13. The van der Waals surface area contributed by atoms with Crippen LogP contribution in [0.5, 0.6) is 5.75 Å². The Morgan fingerprint density at radius 1 is 1.36 bits per heavy atom.